The third kappa shape index (κ3) is 2.90. The van der Waals surface area contributed by atoms with Crippen LogP contribution in [0.25, 0.3) is 0 Å². The van der Waals surface area contributed by atoms with E-state index >= 15 is 0 Å². The van der Waals surface area contributed by atoms with Gasteiger partial charge in [-0.25, -0.2) is 0 Å². The third-order valence-corrected chi connectivity index (χ3v) is 1.80. The fraction of sp³-hybridized carbons (Fsp3) is 0.778. The molecule has 0 aliphatic rings. The summed E-state index contributed by atoms with van der Waals surface area (Å²) in [5, 5.41) is 3.22. The summed E-state index contributed by atoms with van der Waals surface area (Å²) in [6.07, 6.45) is 3.60. The van der Waals surface area contributed by atoms with Crippen molar-refractivity contribution in [2.75, 3.05) is 7.05 Å². The maximum atomic E-state index is 3.22. The zero-order valence-corrected chi connectivity index (χ0v) is 7.62. The fourth-order valence-electron chi connectivity index (χ4n) is 1.22. The summed E-state index contributed by atoms with van der Waals surface area (Å²) in [6.45, 7) is 6.61. The van der Waals surface area contributed by atoms with Crippen molar-refractivity contribution in [3.63, 3.8) is 0 Å². The average molecular weight is 141 g/mol. The van der Waals surface area contributed by atoms with E-state index in [1.165, 1.54) is 24.1 Å². The second-order valence-corrected chi connectivity index (χ2v) is 2.61. The Balaban J connectivity index is 3.98. The van der Waals surface area contributed by atoms with Gasteiger partial charge in [0.15, 0.2) is 0 Å². The van der Waals surface area contributed by atoms with Gasteiger partial charge in [-0.2, -0.15) is 0 Å². The Kier molecular flexibility index (Phi) is 5.09. The number of hydrogen-bond donors (Lipinski definition) is 1. The molecule has 0 amide bonds. The molecule has 0 bridgehead atoms. The molecule has 0 heterocycles. The molecule has 0 aromatic carbocycles. The van der Waals surface area contributed by atoms with Gasteiger partial charge in [-0.1, -0.05) is 25.8 Å². The second-order valence-electron chi connectivity index (χ2n) is 2.61. The van der Waals surface area contributed by atoms with Crippen LogP contribution in [0.1, 0.15) is 40.0 Å². The molecule has 0 aromatic rings. The predicted octanol–water partition coefficient (Wildman–Crippen LogP) is 2.69. The van der Waals surface area contributed by atoms with Crippen LogP contribution in [-0.4, -0.2) is 7.05 Å². The zero-order valence-electron chi connectivity index (χ0n) is 7.62. The van der Waals surface area contributed by atoms with Crippen LogP contribution < -0.4 is 5.32 Å². The van der Waals surface area contributed by atoms with Gasteiger partial charge in [0.25, 0.3) is 0 Å². The summed E-state index contributed by atoms with van der Waals surface area (Å²) < 4.78 is 0. The van der Waals surface area contributed by atoms with Crippen molar-refractivity contribution >= 4 is 0 Å². The standard InChI is InChI=1S/C9H19N/c1-5-7-8(3)9(6-2)10-4/h10H,5-7H2,1-4H3/b9-8+. The lowest BCUT2D eigenvalue weighted by Gasteiger charge is -2.08. The number of rotatable bonds is 4. The number of nitrogens with one attached hydrogen (secondary N) is 1. The molecule has 0 saturated carbocycles. The predicted molar refractivity (Wildman–Crippen MR) is 47.0 cm³/mol. The highest BCUT2D eigenvalue weighted by atomic mass is 14.8. The number of allylic oxidation sites excluding steroid dienone is 2. The Morgan fingerprint density at radius 1 is 1.30 bits per heavy atom. The average Bonchev–Trinajstić information content (AvgIpc) is 1.91. The molecule has 0 spiro atoms. The molecule has 0 aromatic heterocycles. The van der Waals surface area contributed by atoms with Crippen molar-refractivity contribution in [2.24, 2.45) is 0 Å². The minimum atomic E-state index is 1.13. The van der Waals surface area contributed by atoms with E-state index in [0.717, 1.165) is 6.42 Å². The first-order valence-corrected chi connectivity index (χ1v) is 4.12. The first kappa shape index (κ1) is 9.54. The van der Waals surface area contributed by atoms with Crippen molar-refractivity contribution in [1.29, 1.82) is 0 Å². The lowest BCUT2D eigenvalue weighted by molar-refractivity contribution is 0.814. The van der Waals surface area contributed by atoms with Gasteiger partial charge in [0.1, 0.15) is 0 Å². The van der Waals surface area contributed by atoms with Gasteiger partial charge in [-0.05, 0) is 19.8 Å². The molecule has 1 N–H and O–H groups in total. The monoisotopic (exact) mass is 141 g/mol. The summed E-state index contributed by atoms with van der Waals surface area (Å²) >= 11 is 0. The van der Waals surface area contributed by atoms with Crippen LogP contribution in [0.3, 0.4) is 0 Å². The van der Waals surface area contributed by atoms with E-state index in [-0.39, 0.29) is 0 Å². The van der Waals surface area contributed by atoms with Crippen LogP contribution in [0, 0.1) is 0 Å². The molecule has 0 unspecified atom stereocenters. The lowest BCUT2D eigenvalue weighted by atomic mass is 10.1. The van der Waals surface area contributed by atoms with Crippen LogP contribution in [0.4, 0.5) is 0 Å². The molecule has 0 fully saturated rings. The van der Waals surface area contributed by atoms with E-state index in [0.29, 0.717) is 0 Å². The quantitative estimate of drug-likeness (QED) is 0.634. The van der Waals surface area contributed by atoms with E-state index in [2.05, 4.69) is 26.1 Å². The maximum Gasteiger partial charge on any atom is 0.00903 e. The summed E-state index contributed by atoms with van der Waals surface area (Å²) in [6, 6.07) is 0. The van der Waals surface area contributed by atoms with Crippen molar-refractivity contribution in [2.45, 2.75) is 40.0 Å². The van der Waals surface area contributed by atoms with Gasteiger partial charge >= 0.3 is 0 Å². The van der Waals surface area contributed by atoms with Gasteiger partial charge in [0.05, 0.1) is 0 Å². The van der Waals surface area contributed by atoms with Gasteiger partial charge in [-0.15, -0.1) is 0 Å². The van der Waals surface area contributed by atoms with E-state index in [1.807, 2.05) is 7.05 Å². The van der Waals surface area contributed by atoms with Gasteiger partial charge in [0.2, 0.25) is 0 Å². The molecular formula is C9H19N. The first-order valence-electron chi connectivity index (χ1n) is 4.12. The summed E-state index contributed by atoms with van der Waals surface area (Å²) in [4.78, 5) is 0. The molecule has 1 nitrogen and oxygen atoms in total. The maximum absolute atomic E-state index is 3.22. The molecule has 0 rings (SSSR count). The van der Waals surface area contributed by atoms with E-state index < -0.39 is 0 Å². The van der Waals surface area contributed by atoms with Gasteiger partial charge in [0, 0.05) is 12.7 Å². The van der Waals surface area contributed by atoms with Crippen LogP contribution in [0.2, 0.25) is 0 Å². The number of hydrogen-bond acceptors (Lipinski definition) is 1. The van der Waals surface area contributed by atoms with Crippen LogP contribution in [-0.2, 0) is 0 Å². The molecule has 1 heteroatoms. The van der Waals surface area contributed by atoms with Gasteiger partial charge < -0.3 is 5.32 Å². The Morgan fingerprint density at radius 2 is 1.90 bits per heavy atom. The highest BCUT2D eigenvalue weighted by Gasteiger charge is 1.95. The van der Waals surface area contributed by atoms with Crippen LogP contribution in [0.15, 0.2) is 11.3 Å². The second kappa shape index (κ2) is 5.33. The Labute approximate surface area is 64.5 Å². The molecule has 60 valence electrons. The summed E-state index contributed by atoms with van der Waals surface area (Å²) in [7, 11) is 2.00. The topological polar surface area (TPSA) is 12.0 Å². The summed E-state index contributed by atoms with van der Waals surface area (Å²) in [5.74, 6) is 0. The molecule has 10 heavy (non-hydrogen) atoms. The minimum absolute atomic E-state index is 1.13. The first-order chi connectivity index (χ1) is 4.76. The normalized spacial score (nSPS) is 12.8. The Hall–Kier alpha value is -0.460. The van der Waals surface area contributed by atoms with Crippen LogP contribution in [0.5, 0.6) is 0 Å². The van der Waals surface area contributed by atoms with E-state index in [4.69, 9.17) is 0 Å². The largest absolute Gasteiger partial charge is 0.391 e. The SMILES string of the molecule is CCC/C(C)=C(\CC)NC. The Morgan fingerprint density at radius 3 is 2.20 bits per heavy atom. The van der Waals surface area contributed by atoms with E-state index in [1.54, 1.807) is 0 Å². The molecule has 0 radical (unpaired) electrons. The van der Waals surface area contributed by atoms with E-state index in [9.17, 15) is 0 Å². The zero-order chi connectivity index (χ0) is 7.98. The highest BCUT2D eigenvalue weighted by molar-refractivity contribution is 5.08. The van der Waals surface area contributed by atoms with Crippen molar-refractivity contribution in [3.05, 3.63) is 11.3 Å². The minimum Gasteiger partial charge on any atom is -0.391 e. The molecular weight excluding hydrogens is 122 g/mol. The third-order valence-electron chi connectivity index (χ3n) is 1.80. The van der Waals surface area contributed by atoms with Crippen molar-refractivity contribution in [3.8, 4) is 0 Å². The fourth-order valence-corrected chi connectivity index (χ4v) is 1.22. The van der Waals surface area contributed by atoms with Crippen molar-refractivity contribution < 1.29 is 0 Å². The van der Waals surface area contributed by atoms with Gasteiger partial charge in [-0.3, -0.25) is 0 Å². The van der Waals surface area contributed by atoms with Crippen LogP contribution >= 0.6 is 0 Å². The molecule has 0 atom stereocenters. The summed E-state index contributed by atoms with van der Waals surface area (Å²) in [5.41, 5.74) is 2.91. The lowest BCUT2D eigenvalue weighted by Crippen LogP contribution is -2.06. The molecule has 0 aliphatic heterocycles. The Bertz CT molecular complexity index is 108. The smallest absolute Gasteiger partial charge is 0.00903 e. The highest BCUT2D eigenvalue weighted by Crippen LogP contribution is 2.09. The molecule has 0 aliphatic carbocycles. The molecule has 0 saturated heterocycles. The van der Waals surface area contributed by atoms with Crippen molar-refractivity contribution in [1.82, 2.24) is 5.32 Å².